The third-order valence-electron chi connectivity index (χ3n) is 3.24. The Balaban J connectivity index is 2.01. The van der Waals surface area contributed by atoms with E-state index in [-0.39, 0.29) is 11.9 Å². The van der Waals surface area contributed by atoms with Gasteiger partial charge in [0.25, 0.3) is 0 Å². The minimum absolute atomic E-state index is 0.0156. The summed E-state index contributed by atoms with van der Waals surface area (Å²) in [7, 11) is 0. The predicted molar refractivity (Wildman–Crippen MR) is 75.2 cm³/mol. The summed E-state index contributed by atoms with van der Waals surface area (Å²) >= 11 is 6.23. The van der Waals surface area contributed by atoms with E-state index in [4.69, 9.17) is 20.5 Å². The lowest BCUT2D eigenvalue weighted by Crippen LogP contribution is -2.34. The number of nitrogens with zero attached hydrogens (tertiary/aromatic N) is 4. The molecule has 1 fully saturated rings. The van der Waals surface area contributed by atoms with Crippen molar-refractivity contribution in [2.24, 2.45) is 6.98 Å². The van der Waals surface area contributed by atoms with E-state index in [2.05, 4.69) is 20.8 Å². The highest BCUT2D eigenvalue weighted by Gasteiger charge is 2.32. The molecule has 1 aliphatic heterocycles. The summed E-state index contributed by atoms with van der Waals surface area (Å²) in [6.07, 6.45) is 0. The van der Waals surface area contributed by atoms with Gasteiger partial charge in [-0.1, -0.05) is 17.7 Å². The molecule has 0 saturated carbocycles. The summed E-state index contributed by atoms with van der Waals surface area (Å²) < 4.78 is 29.0. The smallest absolute Gasteiger partial charge is 0.183 e. The Hall–Kier alpha value is -1.50. The molecule has 1 N–H and O–H groups in total. The van der Waals surface area contributed by atoms with Gasteiger partial charge in [-0.05, 0) is 42.0 Å². The van der Waals surface area contributed by atoms with Crippen molar-refractivity contribution in [3.8, 4) is 11.4 Å². The third-order valence-corrected chi connectivity index (χ3v) is 3.57. The van der Waals surface area contributed by atoms with Crippen LogP contribution >= 0.6 is 11.6 Å². The van der Waals surface area contributed by atoms with Crippen molar-refractivity contribution in [3.05, 3.63) is 28.8 Å². The van der Waals surface area contributed by atoms with Gasteiger partial charge in [0.05, 0.1) is 17.7 Å². The van der Waals surface area contributed by atoms with Crippen LogP contribution in [0.3, 0.4) is 0 Å². The maximum absolute atomic E-state index is 7.50. The molecule has 0 amide bonds. The SMILES string of the molecule is [2H]C([2H])([2H])n1nnnc1-c1cc([C@H]2COC(C)(C)N2)ccc1Cl. The number of aromatic nitrogens is 4. The van der Waals surface area contributed by atoms with Crippen LogP contribution in [-0.4, -0.2) is 32.5 Å². The zero-order valence-electron chi connectivity index (χ0n) is 14.1. The van der Waals surface area contributed by atoms with E-state index in [0.29, 0.717) is 17.2 Å². The van der Waals surface area contributed by atoms with Gasteiger partial charge in [-0.25, -0.2) is 4.68 Å². The molecule has 0 bridgehead atoms. The normalized spacial score (nSPS) is 24.1. The van der Waals surface area contributed by atoms with E-state index >= 15 is 0 Å². The average molecular weight is 297 g/mol. The van der Waals surface area contributed by atoms with Gasteiger partial charge < -0.3 is 4.74 Å². The van der Waals surface area contributed by atoms with Crippen LogP contribution < -0.4 is 5.32 Å². The largest absolute Gasteiger partial charge is 0.359 e. The predicted octanol–water partition coefficient (Wildman–Crippen LogP) is 1.93. The lowest BCUT2D eigenvalue weighted by molar-refractivity contribution is 0.0231. The van der Waals surface area contributed by atoms with Crippen LogP contribution in [0.25, 0.3) is 11.4 Å². The highest BCUT2D eigenvalue weighted by molar-refractivity contribution is 6.33. The summed E-state index contributed by atoms with van der Waals surface area (Å²) in [5, 5.41) is 14.6. The van der Waals surface area contributed by atoms with Crippen molar-refractivity contribution in [3.63, 3.8) is 0 Å². The van der Waals surface area contributed by atoms with Crippen molar-refractivity contribution >= 4 is 11.6 Å². The van der Waals surface area contributed by atoms with Gasteiger partial charge in [0.15, 0.2) is 5.82 Å². The number of aryl methyl sites for hydroxylation is 1. The number of tetrazole rings is 1. The Bertz CT molecular complexity index is 731. The zero-order chi connectivity index (χ0) is 16.8. The van der Waals surface area contributed by atoms with Gasteiger partial charge in [-0.15, -0.1) is 5.10 Å². The molecular formula is C13H16ClN5O. The fourth-order valence-electron chi connectivity index (χ4n) is 2.26. The van der Waals surface area contributed by atoms with Crippen LogP contribution in [-0.2, 0) is 11.7 Å². The van der Waals surface area contributed by atoms with Crippen LogP contribution in [0.15, 0.2) is 18.2 Å². The monoisotopic (exact) mass is 296 g/mol. The van der Waals surface area contributed by atoms with E-state index in [1.807, 2.05) is 19.9 Å². The minimum Gasteiger partial charge on any atom is -0.359 e. The average Bonchev–Trinajstić information content (AvgIpc) is 3.05. The Labute approximate surface area is 126 Å². The van der Waals surface area contributed by atoms with Gasteiger partial charge in [0.1, 0.15) is 5.72 Å². The first-order chi connectivity index (χ1) is 10.7. The van der Waals surface area contributed by atoms with E-state index in [1.165, 1.54) is 0 Å². The highest BCUT2D eigenvalue weighted by atomic mass is 35.5. The zero-order valence-corrected chi connectivity index (χ0v) is 11.8. The van der Waals surface area contributed by atoms with Crippen molar-refractivity contribution in [1.29, 1.82) is 0 Å². The minimum atomic E-state index is -2.48. The van der Waals surface area contributed by atoms with Crippen LogP contribution in [0.5, 0.6) is 0 Å². The molecule has 0 radical (unpaired) electrons. The van der Waals surface area contributed by atoms with Gasteiger partial charge in [0.2, 0.25) is 0 Å². The molecule has 2 aromatic rings. The first-order valence-electron chi connectivity index (χ1n) is 7.68. The van der Waals surface area contributed by atoms with Gasteiger partial charge in [0, 0.05) is 16.7 Å². The van der Waals surface area contributed by atoms with Crippen LogP contribution in [0, 0.1) is 0 Å². The molecule has 1 aromatic carbocycles. The maximum atomic E-state index is 7.50. The topological polar surface area (TPSA) is 64.9 Å². The summed E-state index contributed by atoms with van der Waals surface area (Å²) in [5.74, 6) is 0.107. The summed E-state index contributed by atoms with van der Waals surface area (Å²) in [5.41, 5.74) is 0.983. The molecule has 0 unspecified atom stereocenters. The molecular weight excluding hydrogens is 278 g/mol. The van der Waals surface area contributed by atoms with Crippen LogP contribution in [0.4, 0.5) is 0 Å². The molecule has 0 spiro atoms. The van der Waals surface area contributed by atoms with E-state index < -0.39 is 12.7 Å². The molecule has 6 nitrogen and oxygen atoms in total. The second-order valence-corrected chi connectivity index (χ2v) is 5.58. The molecule has 2 heterocycles. The number of benzene rings is 1. The summed E-state index contributed by atoms with van der Waals surface area (Å²) in [4.78, 5) is 0. The van der Waals surface area contributed by atoms with E-state index in [9.17, 15) is 0 Å². The van der Waals surface area contributed by atoms with Crippen LogP contribution in [0.1, 0.15) is 29.6 Å². The number of hydrogen-bond acceptors (Lipinski definition) is 5. The quantitative estimate of drug-likeness (QED) is 0.917. The molecule has 1 atom stereocenters. The fourth-order valence-corrected chi connectivity index (χ4v) is 2.46. The Morgan fingerprint density at radius 3 is 3.10 bits per heavy atom. The number of nitrogens with one attached hydrogen (secondary N) is 1. The standard InChI is InChI=1S/C13H16ClN5O/c1-13(2)15-11(7-20-13)8-4-5-10(14)9(6-8)12-16-17-18-19(12)3/h4-6,11,15H,7H2,1-3H3/t11-/m1/s1/i3D3. The molecule has 1 aromatic heterocycles. The molecule has 3 rings (SSSR count). The second kappa shape index (κ2) is 4.80. The summed E-state index contributed by atoms with van der Waals surface area (Å²) in [6.45, 7) is 1.92. The highest BCUT2D eigenvalue weighted by Crippen LogP contribution is 2.32. The van der Waals surface area contributed by atoms with Crippen molar-refractivity contribution in [2.75, 3.05) is 6.61 Å². The van der Waals surface area contributed by atoms with E-state index in [0.717, 1.165) is 10.2 Å². The lowest BCUT2D eigenvalue weighted by atomic mass is 10.0. The molecule has 1 saturated heterocycles. The number of hydrogen-bond donors (Lipinski definition) is 1. The van der Waals surface area contributed by atoms with Crippen molar-refractivity contribution < 1.29 is 8.85 Å². The molecule has 106 valence electrons. The maximum Gasteiger partial charge on any atom is 0.183 e. The van der Waals surface area contributed by atoms with Gasteiger partial charge in [-0.2, -0.15) is 0 Å². The molecule has 0 aliphatic carbocycles. The second-order valence-electron chi connectivity index (χ2n) is 5.17. The van der Waals surface area contributed by atoms with Crippen LogP contribution in [0.2, 0.25) is 5.02 Å². The molecule has 20 heavy (non-hydrogen) atoms. The van der Waals surface area contributed by atoms with E-state index in [1.54, 1.807) is 12.1 Å². The Morgan fingerprint density at radius 2 is 2.40 bits per heavy atom. The number of ether oxygens (including phenoxy) is 1. The Morgan fingerprint density at radius 1 is 1.55 bits per heavy atom. The first kappa shape index (κ1) is 10.3. The van der Waals surface area contributed by atoms with Crippen molar-refractivity contribution in [2.45, 2.75) is 25.6 Å². The summed E-state index contributed by atoms with van der Waals surface area (Å²) in [6, 6.07) is 5.35. The van der Waals surface area contributed by atoms with Gasteiger partial charge >= 0.3 is 0 Å². The fraction of sp³-hybridized carbons (Fsp3) is 0.462. The van der Waals surface area contributed by atoms with Gasteiger partial charge in [-0.3, -0.25) is 5.32 Å². The lowest BCUT2D eigenvalue weighted by Gasteiger charge is -2.18. The number of rotatable bonds is 2. The third kappa shape index (κ3) is 2.42. The molecule has 1 aliphatic rings. The first-order valence-corrected chi connectivity index (χ1v) is 6.55. The van der Waals surface area contributed by atoms with Crippen molar-refractivity contribution in [1.82, 2.24) is 25.5 Å². The molecule has 7 heteroatoms. The Kier molecular flexibility index (Phi) is 2.46. The number of halogens is 1.